The predicted molar refractivity (Wildman–Crippen MR) is 83.8 cm³/mol. The van der Waals surface area contributed by atoms with E-state index in [2.05, 4.69) is 6.92 Å². The number of ether oxygens (including phenoxy) is 3. The molecule has 1 aromatic carbocycles. The molecule has 2 N–H and O–H groups in total. The van der Waals surface area contributed by atoms with Crippen molar-refractivity contribution in [1.29, 1.82) is 0 Å². The average Bonchev–Trinajstić information content (AvgIpc) is 2.54. The molecule has 1 aromatic rings. The Morgan fingerprint density at radius 3 is 2.05 bits per heavy atom. The molecule has 1 unspecified atom stereocenters. The highest BCUT2D eigenvalue weighted by Gasteiger charge is 2.42. The highest BCUT2D eigenvalue weighted by molar-refractivity contribution is 5.48. The minimum Gasteiger partial charge on any atom is -0.496 e. The van der Waals surface area contributed by atoms with Crippen LogP contribution in [0.3, 0.4) is 0 Å². The van der Waals surface area contributed by atoms with E-state index in [0.717, 1.165) is 48.7 Å². The van der Waals surface area contributed by atoms with Crippen LogP contribution in [0, 0.1) is 5.92 Å². The topological polar surface area (TPSA) is 53.7 Å². The molecule has 0 amide bonds. The zero-order valence-electron chi connectivity index (χ0n) is 13.5. The van der Waals surface area contributed by atoms with Gasteiger partial charge in [0.2, 0.25) is 0 Å². The van der Waals surface area contributed by atoms with Crippen molar-refractivity contribution in [2.24, 2.45) is 11.7 Å². The fourth-order valence-corrected chi connectivity index (χ4v) is 3.34. The number of hydrogen-bond donors (Lipinski definition) is 1. The smallest absolute Gasteiger partial charge is 0.127 e. The van der Waals surface area contributed by atoms with Gasteiger partial charge in [0.25, 0.3) is 0 Å². The van der Waals surface area contributed by atoms with Crippen LogP contribution in [0.4, 0.5) is 0 Å². The largest absolute Gasteiger partial charge is 0.496 e. The maximum Gasteiger partial charge on any atom is 0.127 e. The minimum atomic E-state index is -0.339. The standard InChI is InChI=1S/C17H27NO3/c1-12-8-10-17(21-4,11-9-12)16(18)15-13(19-2)6-5-7-14(15)20-3/h5-7,12,16H,8-11,18H2,1-4H3. The van der Waals surface area contributed by atoms with Gasteiger partial charge in [0.15, 0.2) is 0 Å². The molecule has 1 fully saturated rings. The lowest BCUT2D eigenvalue weighted by Crippen LogP contribution is -2.46. The van der Waals surface area contributed by atoms with E-state index in [1.807, 2.05) is 18.2 Å². The second-order valence-corrected chi connectivity index (χ2v) is 6.01. The third-order valence-electron chi connectivity index (χ3n) is 4.87. The van der Waals surface area contributed by atoms with Gasteiger partial charge in [0, 0.05) is 7.11 Å². The van der Waals surface area contributed by atoms with Gasteiger partial charge in [-0.2, -0.15) is 0 Å². The lowest BCUT2D eigenvalue weighted by molar-refractivity contribution is -0.0679. The summed E-state index contributed by atoms with van der Waals surface area (Å²) in [5, 5.41) is 0. The molecule has 1 aliphatic rings. The van der Waals surface area contributed by atoms with Gasteiger partial charge in [0.05, 0.1) is 31.4 Å². The van der Waals surface area contributed by atoms with E-state index in [1.54, 1.807) is 21.3 Å². The molecule has 0 aromatic heterocycles. The van der Waals surface area contributed by atoms with Crippen LogP contribution in [0.25, 0.3) is 0 Å². The minimum absolute atomic E-state index is 0.263. The molecule has 0 aliphatic heterocycles. The maximum atomic E-state index is 6.63. The first-order valence-electron chi connectivity index (χ1n) is 7.59. The van der Waals surface area contributed by atoms with Crippen molar-refractivity contribution in [1.82, 2.24) is 0 Å². The van der Waals surface area contributed by atoms with Crippen LogP contribution in [-0.2, 0) is 4.74 Å². The molecule has 0 saturated heterocycles. The van der Waals surface area contributed by atoms with Crippen LogP contribution in [0.5, 0.6) is 11.5 Å². The molecule has 4 heteroatoms. The third-order valence-corrected chi connectivity index (χ3v) is 4.87. The van der Waals surface area contributed by atoms with Crippen molar-refractivity contribution in [3.63, 3.8) is 0 Å². The molecular formula is C17H27NO3. The summed E-state index contributed by atoms with van der Waals surface area (Å²) in [6, 6.07) is 5.50. The second kappa shape index (κ2) is 6.67. The molecule has 2 rings (SSSR count). The quantitative estimate of drug-likeness (QED) is 0.905. The molecule has 0 spiro atoms. The normalized spacial score (nSPS) is 27.2. The van der Waals surface area contributed by atoms with Crippen LogP contribution in [0.15, 0.2) is 18.2 Å². The number of rotatable bonds is 5. The summed E-state index contributed by atoms with van der Waals surface area (Å²) in [5.74, 6) is 2.26. The molecule has 1 atom stereocenters. The van der Waals surface area contributed by atoms with Crippen LogP contribution in [-0.4, -0.2) is 26.9 Å². The summed E-state index contributed by atoms with van der Waals surface area (Å²) in [7, 11) is 5.08. The first-order valence-corrected chi connectivity index (χ1v) is 7.59. The van der Waals surface area contributed by atoms with Crippen LogP contribution < -0.4 is 15.2 Å². The first-order chi connectivity index (χ1) is 10.1. The van der Waals surface area contributed by atoms with Gasteiger partial charge in [-0.3, -0.25) is 0 Å². The summed E-state index contributed by atoms with van der Waals surface area (Å²) >= 11 is 0. The summed E-state index contributed by atoms with van der Waals surface area (Å²) in [6.45, 7) is 2.29. The molecule has 4 nitrogen and oxygen atoms in total. The molecular weight excluding hydrogens is 266 g/mol. The van der Waals surface area contributed by atoms with Gasteiger partial charge < -0.3 is 19.9 Å². The van der Waals surface area contributed by atoms with Crippen molar-refractivity contribution >= 4 is 0 Å². The number of hydrogen-bond acceptors (Lipinski definition) is 4. The van der Waals surface area contributed by atoms with Gasteiger partial charge in [-0.05, 0) is 43.7 Å². The van der Waals surface area contributed by atoms with Gasteiger partial charge in [0.1, 0.15) is 11.5 Å². The van der Waals surface area contributed by atoms with Gasteiger partial charge in [-0.1, -0.05) is 13.0 Å². The molecule has 0 bridgehead atoms. The SMILES string of the molecule is COc1cccc(OC)c1C(N)C1(OC)CCC(C)CC1. The summed E-state index contributed by atoms with van der Waals surface area (Å²) in [4.78, 5) is 0. The van der Waals surface area contributed by atoms with E-state index < -0.39 is 0 Å². The average molecular weight is 293 g/mol. The molecule has 118 valence electrons. The number of methoxy groups -OCH3 is 3. The Morgan fingerprint density at radius 2 is 1.62 bits per heavy atom. The Labute approximate surface area is 127 Å². The van der Waals surface area contributed by atoms with Crippen molar-refractivity contribution in [2.75, 3.05) is 21.3 Å². The van der Waals surface area contributed by atoms with E-state index in [0.29, 0.717) is 0 Å². The van der Waals surface area contributed by atoms with Crippen molar-refractivity contribution < 1.29 is 14.2 Å². The Hall–Kier alpha value is -1.26. The zero-order valence-corrected chi connectivity index (χ0v) is 13.5. The van der Waals surface area contributed by atoms with Gasteiger partial charge in [-0.25, -0.2) is 0 Å². The third kappa shape index (κ3) is 3.01. The van der Waals surface area contributed by atoms with Crippen LogP contribution in [0.1, 0.15) is 44.2 Å². The fraction of sp³-hybridized carbons (Fsp3) is 0.647. The molecule has 1 aliphatic carbocycles. The first kappa shape index (κ1) is 16.1. The molecule has 1 saturated carbocycles. The Balaban J connectivity index is 2.40. The monoisotopic (exact) mass is 293 g/mol. The van der Waals surface area contributed by atoms with E-state index in [-0.39, 0.29) is 11.6 Å². The van der Waals surface area contributed by atoms with Gasteiger partial charge in [-0.15, -0.1) is 0 Å². The summed E-state index contributed by atoms with van der Waals surface area (Å²) in [6.07, 6.45) is 4.21. The van der Waals surface area contributed by atoms with Crippen molar-refractivity contribution in [3.05, 3.63) is 23.8 Å². The van der Waals surface area contributed by atoms with Crippen LogP contribution in [0.2, 0.25) is 0 Å². The second-order valence-electron chi connectivity index (χ2n) is 6.01. The Kier molecular flexibility index (Phi) is 5.12. The number of nitrogens with two attached hydrogens (primary N) is 1. The molecule has 0 heterocycles. The molecule has 21 heavy (non-hydrogen) atoms. The summed E-state index contributed by atoms with van der Waals surface area (Å²) in [5.41, 5.74) is 7.19. The van der Waals surface area contributed by atoms with E-state index in [9.17, 15) is 0 Å². The predicted octanol–water partition coefficient (Wildman–Crippen LogP) is 3.30. The van der Waals surface area contributed by atoms with E-state index in [1.165, 1.54) is 0 Å². The fourth-order valence-electron chi connectivity index (χ4n) is 3.34. The van der Waals surface area contributed by atoms with Crippen LogP contribution >= 0.6 is 0 Å². The van der Waals surface area contributed by atoms with Crippen molar-refractivity contribution in [2.45, 2.75) is 44.2 Å². The number of benzene rings is 1. The highest BCUT2D eigenvalue weighted by atomic mass is 16.5. The zero-order chi connectivity index (χ0) is 15.5. The maximum absolute atomic E-state index is 6.63. The Bertz CT molecular complexity index is 445. The van der Waals surface area contributed by atoms with Crippen molar-refractivity contribution in [3.8, 4) is 11.5 Å². The molecule has 0 radical (unpaired) electrons. The highest BCUT2D eigenvalue weighted by Crippen LogP contribution is 2.46. The van der Waals surface area contributed by atoms with E-state index >= 15 is 0 Å². The lowest BCUT2D eigenvalue weighted by Gasteiger charge is -2.43. The Morgan fingerprint density at radius 1 is 1.10 bits per heavy atom. The summed E-state index contributed by atoms with van der Waals surface area (Å²) < 4.78 is 16.9. The van der Waals surface area contributed by atoms with Gasteiger partial charge >= 0.3 is 0 Å². The van der Waals surface area contributed by atoms with E-state index in [4.69, 9.17) is 19.9 Å². The lowest BCUT2D eigenvalue weighted by atomic mass is 9.73.